The maximum Gasteiger partial charge on any atom is 0.146 e. The van der Waals surface area contributed by atoms with Crippen LogP contribution in [0.5, 0.6) is 5.75 Å². The van der Waals surface area contributed by atoms with E-state index in [1.165, 1.54) is 44.3 Å². The average molecular weight is 324 g/mol. The van der Waals surface area contributed by atoms with Gasteiger partial charge in [-0.15, -0.1) is 0 Å². The number of nitrogens with zero attached hydrogens (tertiary/aromatic N) is 1. The van der Waals surface area contributed by atoms with Crippen LogP contribution >= 0.6 is 23.2 Å². The zero-order chi connectivity index (χ0) is 14.4. The van der Waals surface area contributed by atoms with E-state index in [0.717, 1.165) is 17.7 Å². The van der Waals surface area contributed by atoms with Crippen molar-refractivity contribution >= 4 is 29.3 Å². The molecule has 0 spiro atoms. The summed E-state index contributed by atoms with van der Waals surface area (Å²) in [6, 6.07) is 4.23. The van der Waals surface area contributed by atoms with Crippen LogP contribution in [0, 0.1) is 0 Å². The Bertz CT molecular complexity index is 593. The number of likely N-dealkylation sites (tertiary alicyclic amines) is 1. The van der Waals surface area contributed by atoms with Gasteiger partial charge in [0.15, 0.2) is 0 Å². The third-order valence-electron chi connectivity index (χ3n) is 4.91. The zero-order valence-electron chi connectivity index (χ0n) is 11.9. The fourth-order valence-electron chi connectivity index (χ4n) is 3.95. The molecule has 0 bridgehead atoms. The molecule has 3 aliphatic rings. The van der Waals surface area contributed by atoms with Crippen molar-refractivity contribution in [2.75, 3.05) is 13.1 Å². The minimum Gasteiger partial charge on any atom is -0.482 e. The minimum atomic E-state index is 0.169. The summed E-state index contributed by atoms with van der Waals surface area (Å²) in [5, 5.41) is 1.29. The molecule has 21 heavy (non-hydrogen) atoms. The molecule has 1 aromatic carbocycles. The van der Waals surface area contributed by atoms with E-state index in [4.69, 9.17) is 27.9 Å². The molecule has 4 rings (SSSR count). The van der Waals surface area contributed by atoms with Gasteiger partial charge in [-0.05, 0) is 69.0 Å². The van der Waals surface area contributed by atoms with Gasteiger partial charge in [-0.1, -0.05) is 23.2 Å². The highest BCUT2D eigenvalue weighted by molar-refractivity contribution is 6.36. The molecule has 0 aromatic heterocycles. The Balaban J connectivity index is 1.70. The van der Waals surface area contributed by atoms with Gasteiger partial charge in [-0.3, -0.25) is 4.90 Å². The number of benzene rings is 1. The lowest BCUT2D eigenvalue weighted by molar-refractivity contribution is 0.0801. The Kier molecular flexibility index (Phi) is 3.64. The average Bonchev–Trinajstić information content (AvgIpc) is 2.98. The van der Waals surface area contributed by atoms with Crippen LogP contribution in [0.25, 0.3) is 6.08 Å². The van der Waals surface area contributed by atoms with E-state index in [-0.39, 0.29) is 6.10 Å². The molecule has 2 nitrogen and oxygen atoms in total. The summed E-state index contributed by atoms with van der Waals surface area (Å²) in [6.45, 7) is 2.41. The van der Waals surface area contributed by atoms with Crippen molar-refractivity contribution in [2.45, 2.75) is 44.2 Å². The molecule has 2 unspecified atom stereocenters. The molecule has 4 heteroatoms. The van der Waals surface area contributed by atoms with E-state index in [0.29, 0.717) is 16.1 Å². The summed E-state index contributed by atoms with van der Waals surface area (Å²) in [5.41, 5.74) is 2.44. The van der Waals surface area contributed by atoms with Gasteiger partial charge < -0.3 is 4.74 Å². The Morgan fingerprint density at radius 2 is 1.90 bits per heavy atom. The van der Waals surface area contributed by atoms with Crippen molar-refractivity contribution in [1.29, 1.82) is 0 Å². The first-order valence-electron chi connectivity index (χ1n) is 7.82. The first-order valence-corrected chi connectivity index (χ1v) is 8.58. The second-order valence-electron chi connectivity index (χ2n) is 6.27. The molecule has 2 atom stereocenters. The van der Waals surface area contributed by atoms with E-state index in [9.17, 15) is 0 Å². The molecule has 2 fully saturated rings. The maximum absolute atomic E-state index is 6.35. The molecule has 2 heterocycles. The number of hydrogen-bond acceptors (Lipinski definition) is 2. The summed E-state index contributed by atoms with van der Waals surface area (Å²) in [5.74, 6) is 0.806. The number of halogens is 2. The highest BCUT2D eigenvalue weighted by Crippen LogP contribution is 2.43. The van der Waals surface area contributed by atoms with E-state index in [2.05, 4.69) is 11.0 Å². The van der Waals surface area contributed by atoms with E-state index < -0.39 is 0 Å². The zero-order valence-corrected chi connectivity index (χ0v) is 13.5. The molecule has 0 amide bonds. The molecule has 1 aliphatic carbocycles. The Morgan fingerprint density at radius 3 is 2.71 bits per heavy atom. The monoisotopic (exact) mass is 323 g/mol. The Labute approximate surface area is 135 Å². The normalized spacial score (nSPS) is 28.6. The molecule has 1 aromatic rings. The SMILES string of the molecule is Clc1cc(Cl)c2c(c1)C=C1CCCC(N3CCCC3)C1O2. The molecule has 1 saturated carbocycles. The Hall–Kier alpha value is -0.700. The lowest BCUT2D eigenvalue weighted by Crippen LogP contribution is -2.48. The number of rotatable bonds is 1. The van der Waals surface area contributed by atoms with E-state index in [1.54, 1.807) is 6.07 Å². The van der Waals surface area contributed by atoms with Crippen LogP contribution in [0.4, 0.5) is 0 Å². The third kappa shape index (κ3) is 2.48. The maximum atomic E-state index is 6.35. The number of ether oxygens (including phenoxy) is 1. The summed E-state index contributed by atoms with van der Waals surface area (Å²) in [7, 11) is 0. The van der Waals surface area contributed by atoms with Crippen molar-refractivity contribution in [3.63, 3.8) is 0 Å². The highest BCUT2D eigenvalue weighted by Gasteiger charge is 2.38. The van der Waals surface area contributed by atoms with Crippen molar-refractivity contribution in [2.24, 2.45) is 0 Å². The predicted octanol–water partition coefficient (Wildman–Crippen LogP) is 4.79. The quantitative estimate of drug-likeness (QED) is 0.737. The van der Waals surface area contributed by atoms with Gasteiger partial charge >= 0.3 is 0 Å². The van der Waals surface area contributed by atoms with Crippen LogP contribution in [-0.4, -0.2) is 30.1 Å². The first kappa shape index (κ1) is 13.9. The molecule has 0 N–H and O–H groups in total. The van der Waals surface area contributed by atoms with E-state index >= 15 is 0 Å². The lowest BCUT2D eigenvalue weighted by atomic mass is 9.84. The Morgan fingerprint density at radius 1 is 1.10 bits per heavy atom. The van der Waals surface area contributed by atoms with Gasteiger partial charge in [0.2, 0.25) is 0 Å². The van der Waals surface area contributed by atoms with Gasteiger partial charge in [0, 0.05) is 10.6 Å². The van der Waals surface area contributed by atoms with Crippen LogP contribution in [0.1, 0.15) is 37.7 Å². The predicted molar refractivity (Wildman–Crippen MR) is 87.3 cm³/mol. The number of hydrogen-bond donors (Lipinski definition) is 0. The lowest BCUT2D eigenvalue weighted by Gasteiger charge is -2.41. The largest absolute Gasteiger partial charge is 0.482 e. The van der Waals surface area contributed by atoms with Crippen molar-refractivity contribution in [1.82, 2.24) is 4.90 Å². The first-order chi connectivity index (χ1) is 10.2. The van der Waals surface area contributed by atoms with Crippen LogP contribution in [0.15, 0.2) is 17.7 Å². The second kappa shape index (κ2) is 5.49. The summed E-state index contributed by atoms with van der Waals surface area (Å²) >= 11 is 12.4. The van der Waals surface area contributed by atoms with Gasteiger partial charge in [-0.25, -0.2) is 0 Å². The topological polar surface area (TPSA) is 12.5 Å². The summed E-state index contributed by atoms with van der Waals surface area (Å²) < 4.78 is 6.35. The van der Waals surface area contributed by atoms with Gasteiger partial charge in [0.25, 0.3) is 0 Å². The van der Waals surface area contributed by atoms with Crippen LogP contribution in [-0.2, 0) is 0 Å². The molecular weight excluding hydrogens is 305 g/mol. The van der Waals surface area contributed by atoms with Crippen LogP contribution in [0.3, 0.4) is 0 Å². The number of fused-ring (bicyclic) bond motifs is 2. The smallest absolute Gasteiger partial charge is 0.146 e. The molecule has 112 valence electrons. The van der Waals surface area contributed by atoms with Crippen LogP contribution in [0.2, 0.25) is 10.0 Å². The summed E-state index contributed by atoms with van der Waals surface area (Å²) in [6.07, 6.45) is 8.65. The van der Waals surface area contributed by atoms with Crippen LogP contribution < -0.4 is 4.74 Å². The second-order valence-corrected chi connectivity index (χ2v) is 7.11. The third-order valence-corrected chi connectivity index (χ3v) is 5.41. The van der Waals surface area contributed by atoms with E-state index in [1.807, 2.05) is 6.07 Å². The van der Waals surface area contributed by atoms with Crippen molar-refractivity contribution < 1.29 is 4.74 Å². The molecule has 1 saturated heterocycles. The minimum absolute atomic E-state index is 0.169. The van der Waals surface area contributed by atoms with Gasteiger partial charge in [0.1, 0.15) is 11.9 Å². The molecule has 2 aliphatic heterocycles. The molecule has 0 radical (unpaired) electrons. The fourth-order valence-corrected chi connectivity index (χ4v) is 4.50. The standard InChI is InChI=1S/C17H19Cl2NO/c18-13-9-12-8-11-4-3-5-15(20-6-1-2-7-20)17(11)21-16(12)14(19)10-13/h8-10,15,17H,1-7H2. The van der Waals surface area contributed by atoms with Crippen molar-refractivity contribution in [3.05, 3.63) is 33.3 Å². The highest BCUT2D eigenvalue weighted by atomic mass is 35.5. The van der Waals surface area contributed by atoms with Gasteiger partial charge in [0.05, 0.1) is 11.1 Å². The van der Waals surface area contributed by atoms with Gasteiger partial charge in [-0.2, -0.15) is 0 Å². The molecular formula is C17H19Cl2NO. The van der Waals surface area contributed by atoms with Crippen molar-refractivity contribution in [3.8, 4) is 5.75 Å². The fraction of sp³-hybridized carbons (Fsp3) is 0.529. The summed E-state index contributed by atoms with van der Waals surface area (Å²) in [4.78, 5) is 2.60.